The molecule has 2 aromatic carbocycles. The number of nitrogens with one attached hydrogen (secondary N) is 1. The molecule has 6 rings (SSSR count). The molecule has 1 amide bonds. The zero-order valence-electron chi connectivity index (χ0n) is 21.4. The van der Waals surface area contributed by atoms with Gasteiger partial charge in [-0.05, 0) is 68.0 Å². The first-order valence-corrected chi connectivity index (χ1v) is 14.6. The average Bonchev–Trinajstić information content (AvgIpc) is 3.62. The molecule has 1 saturated carbocycles. The molecule has 1 aromatic heterocycles. The maximum Gasteiger partial charge on any atom is 0.243 e. The molecule has 1 N–H and O–H groups in total. The molecule has 0 unspecified atom stereocenters. The van der Waals surface area contributed by atoms with E-state index in [0.717, 1.165) is 54.5 Å². The number of pyridine rings is 1. The van der Waals surface area contributed by atoms with Crippen LogP contribution < -0.4 is 10.1 Å². The second kappa shape index (κ2) is 9.80. The summed E-state index contributed by atoms with van der Waals surface area (Å²) in [7, 11) is -3.52. The normalized spacial score (nSPS) is 20.4. The van der Waals surface area contributed by atoms with Gasteiger partial charge in [0, 0.05) is 23.7 Å². The number of aromatic nitrogens is 1. The van der Waals surface area contributed by atoms with Crippen molar-refractivity contribution in [1.82, 2.24) is 9.29 Å². The zero-order chi connectivity index (χ0) is 26.3. The molecule has 198 valence electrons. The first-order chi connectivity index (χ1) is 18.4. The predicted molar refractivity (Wildman–Crippen MR) is 143 cm³/mol. The van der Waals surface area contributed by atoms with Gasteiger partial charge < -0.3 is 14.8 Å². The molecule has 0 spiro atoms. The predicted octanol–water partition coefficient (Wildman–Crippen LogP) is 4.85. The van der Waals surface area contributed by atoms with Crippen LogP contribution in [-0.2, 0) is 31.6 Å². The Balaban J connectivity index is 1.19. The summed E-state index contributed by atoms with van der Waals surface area (Å²) in [6.07, 6.45) is 4.15. The Bertz CT molecular complexity index is 1470. The van der Waals surface area contributed by atoms with E-state index in [0.29, 0.717) is 29.6 Å². The first-order valence-electron chi connectivity index (χ1n) is 13.2. The van der Waals surface area contributed by atoms with Crippen molar-refractivity contribution >= 4 is 21.7 Å². The third kappa shape index (κ3) is 4.48. The van der Waals surface area contributed by atoms with Crippen LogP contribution in [0.15, 0.2) is 65.6 Å². The maximum atomic E-state index is 13.4. The fourth-order valence-electron chi connectivity index (χ4n) is 5.50. The molecular formula is C29H31N3O5S. The molecule has 3 aromatic rings. The van der Waals surface area contributed by atoms with E-state index in [1.807, 2.05) is 37.3 Å². The summed E-state index contributed by atoms with van der Waals surface area (Å²) in [6, 6.07) is 18.3. The Morgan fingerprint density at radius 3 is 2.71 bits per heavy atom. The average molecular weight is 534 g/mol. The van der Waals surface area contributed by atoms with E-state index in [1.165, 1.54) is 0 Å². The highest BCUT2D eigenvalue weighted by Gasteiger charge is 2.51. The van der Waals surface area contributed by atoms with Gasteiger partial charge in [-0.3, -0.25) is 4.79 Å². The number of benzene rings is 2. The van der Waals surface area contributed by atoms with Crippen LogP contribution in [0, 0.1) is 0 Å². The van der Waals surface area contributed by atoms with Crippen molar-refractivity contribution in [3.8, 4) is 17.0 Å². The topological polar surface area (TPSA) is 97.8 Å². The molecule has 0 radical (unpaired) electrons. The number of ether oxygens (including phenoxy) is 2. The van der Waals surface area contributed by atoms with Gasteiger partial charge in [0.2, 0.25) is 15.9 Å². The van der Waals surface area contributed by atoms with Gasteiger partial charge in [0.25, 0.3) is 0 Å². The van der Waals surface area contributed by atoms with E-state index < -0.39 is 15.4 Å². The van der Waals surface area contributed by atoms with Crippen molar-refractivity contribution in [2.75, 3.05) is 18.7 Å². The Morgan fingerprint density at radius 2 is 1.95 bits per heavy atom. The molecule has 1 saturated heterocycles. The monoisotopic (exact) mass is 533 g/mol. The summed E-state index contributed by atoms with van der Waals surface area (Å²) in [6.45, 7) is 3.33. The summed E-state index contributed by atoms with van der Waals surface area (Å²) in [5.74, 6) is 1.14. The highest BCUT2D eigenvalue weighted by molar-refractivity contribution is 7.89. The van der Waals surface area contributed by atoms with Crippen molar-refractivity contribution in [2.24, 2.45) is 0 Å². The molecule has 3 aliphatic rings. The molecule has 2 fully saturated rings. The Morgan fingerprint density at radius 1 is 1.13 bits per heavy atom. The number of rotatable bonds is 7. The summed E-state index contributed by atoms with van der Waals surface area (Å²) < 4.78 is 38.9. The van der Waals surface area contributed by atoms with Gasteiger partial charge in [-0.2, -0.15) is 4.31 Å². The Kier molecular flexibility index (Phi) is 6.45. The summed E-state index contributed by atoms with van der Waals surface area (Å²) >= 11 is 0. The molecule has 9 heteroatoms. The summed E-state index contributed by atoms with van der Waals surface area (Å²) in [4.78, 5) is 18.3. The van der Waals surface area contributed by atoms with Crippen LogP contribution in [-0.4, -0.2) is 43.0 Å². The van der Waals surface area contributed by atoms with Crippen LogP contribution in [0.25, 0.3) is 11.3 Å². The van der Waals surface area contributed by atoms with Gasteiger partial charge in [-0.1, -0.05) is 37.3 Å². The highest BCUT2D eigenvalue weighted by Crippen LogP contribution is 2.50. The van der Waals surface area contributed by atoms with Crippen LogP contribution in [0.1, 0.15) is 50.2 Å². The van der Waals surface area contributed by atoms with Crippen molar-refractivity contribution in [3.05, 3.63) is 71.8 Å². The van der Waals surface area contributed by atoms with Gasteiger partial charge in [0.05, 0.1) is 22.6 Å². The van der Waals surface area contributed by atoms with E-state index in [4.69, 9.17) is 9.47 Å². The lowest BCUT2D eigenvalue weighted by Crippen LogP contribution is -2.35. The lowest BCUT2D eigenvalue weighted by molar-refractivity contribution is -0.118. The maximum absolute atomic E-state index is 13.4. The molecule has 8 nitrogen and oxygen atoms in total. The largest absolute Gasteiger partial charge is 0.467 e. The first kappa shape index (κ1) is 25.0. The van der Waals surface area contributed by atoms with Crippen LogP contribution >= 0.6 is 0 Å². The van der Waals surface area contributed by atoms with Crippen LogP contribution in [0.4, 0.5) is 5.82 Å². The Hall–Kier alpha value is -3.27. The third-order valence-corrected chi connectivity index (χ3v) is 9.87. The van der Waals surface area contributed by atoms with Crippen LogP contribution in [0.5, 0.6) is 5.75 Å². The minimum Gasteiger partial charge on any atom is -0.467 e. The second-order valence-corrected chi connectivity index (χ2v) is 12.1. The minimum atomic E-state index is -3.52. The van der Waals surface area contributed by atoms with Gasteiger partial charge in [0.15, 0.2) is 6.79 Å². The van der Waals surface area contributed by atoms with E-state index in [1.54, 1.807) is 34.6 Å². The Labute approximate surface area is 223 Å². The smallest absolute Gasteiger partial charge is 0.243 e. The number of fused-ring (bicyclic) bond motifs is 1. The zero-order valence-corrected chi connectivity index (χ0v) is 22.2. The van der Waals surface area contributed by atoms with Crippen molar-refractivity contribution in [2.45, 2.75) is 62.0 Å². The van der Waals surface area contributed by atoms with Gasteiger partial charge in [-0.25, -0.2) is 13.4 Å². The number of anilines is 1. The summed E-state index contributed by atoms with van der Waals surface area (Å²) in [5.41, 5.74) is 2.77. The van der Waals surface area contributed by atoms with Gasteiger partial charge >= 0.3 is 0 Å². The summed E-state index contributed by atoms with van der Waals surface area (Å²) in [5, 5.41) is 3.00. The fraction of sp³-hybridized carbons (Fsp3) is 0.379. The number of carbonyl (C=O) groups is 1. The van der Waals surface area contributed by atoms with Gasteiger partial charge in [-0.15, -0.1) is 0 Å². The quantitative estimate of drug-likeness (QED) is 0.466. The number of carbonyl (C=O) groups excluding carboxylic acids is 1. The van der Waals surface area contributed by atoms with Crippen LogP contribution in [0.2, 0.25) is 0 Å². The number of hydrogen-bond acceptors (Lipinski definition) is 6. The SMILES string of the molecule is CC[C@H]1CCCN1S(=O)(=O)c1ccc(-c2cccc(NC(=O)C3(c4ccc5c(c4)OCOC5)CC3)n2)cc1. The van der Waals surface area contributed by atoms with Crippen LogP contribution in [0.3, 0.4) is 0 Å². The van der Waals surface area contributed by atoms with Crippen molar-refractivity contribution < 1.29 is 22.7 Å². The number of sulfonamides is 1. The molecule has 2 aliphatic heterocycles. The van der Waals surface area contributed by atoms with E-state index >= 15 is 0 Å². The molecule has 38 heavy (non-hydrogen) atoms. The number of amides is 1. The standard InChI is InChI=1S/C29H31N3O5S/c1-2-23-5-4-16-32(23)38(34,35)24-12-9-20(10-13-24)25-6-3-7-27(30-25)31-28(33)29(14-15-29)22-11-8-21-18-36-19-37-26(21)17-22/h3,6-13,17,23H,2,4-5,14-16,18-19H2,1H3,(H,30,31,33)/t23-/m0/s1. The molecule has 0 bridgehead atoms. The molecule has 3 heterocycles. The van der Waals surface area contributed by atoms with E-state index in [2.05, 4.69) is 10.3 Å². The lowest BCUT2D eigenvalue weighted by Gasteiger charge is -2.23. The van der Waals surface area contributed by atoms with Gasteiger partial charge in [0.1, 0.15) is 11.6 Å². The van der Waals surface area contributed by atoms with E-state index in [-0.39, 0.29) is 18.7 Å². The fourth-order valence-corrected chi connectivity index (χ4v) is 7.27. The van der Waals surface area contributed by atoms with E-state index in [9.17, 15) is 13.2 Å². The lowest BCUT2D eigenvalue weighted by atomic mass is 9.93. The third-order valence-electron chi connectivity index (χ3n) is 7.90. The number of nitrogens with zero attached hydrogens (tertiary/aromatic N) is 2. The second-order valence-electron chi connectivity index (χ2n) is 10.2. The molecule has 1 atom stereocenters. The highest BCUT2D eigenvalue weighted by atomic mass is 32.2. The van der Waals surface area contributed by atoms with Crippen molar-refractivity contribution in [3.63, 3.8) is 0 Å². The number of hydrogen-bond donors (Lipinski definition) is 1. The van der Waals surface area contributed by atoms with Crippen molar-refractivity contribution in [1.29, 1.82) is 0 Å². The minimum absolute atomic E-state index is 0.0687. The molecule has 1 aliphatic carbocycles. The molecular weight excluding hydrogens is 502 g/mol.